The maximum absolute atomic E-state index is 4.56. The molecule has 1 aromatic heterocycles. The number of aryl methyl sites for hydroxylation is 3. The number of fused-ring (bicyclic) bond motifs is 1. The highest BCUT2D eigenvalue weighted by Gasteiger charge is 2.10. The second-order valence-corrected chi connectivity index (χ2v) is 8.63. The van der Waals surface area contributed by atoms with E-state index in [1.807, 2.05) is 32.9 Å². The standard InChI is InChI=1S/C17H15N.C14H16.C2H6/c1-12-5-3-7-14-11-15(9-10-16(12)14)17-8-4-6-13(2)18-17;1-12-6-8-14(9-7-12)11-10-13-4-2-3-5-13;1-2/h3-4,6-11H,1,5H2,2H3;2-9,13H,10-11H2,1H3;1-2H3. The van der Waals surface area contributed by atoms with Gasteiger partial charge in [0.15, 0.2) is 0 Å². The van der Waals surface area contributed by atoms with Gasteiger partial charge in [0, 0.05) is 11.3 Å². The molecule has 34 heavy (non-hydrogen) atoms. The lowest BCUT2D eigenvalue weighted by Crippen LogP contribution is -1.94. The fourth-order valence-electron chi connectivity index (χ4n) is 4.08. The van der Waals surface area contributed by atoms with Gasteiger partial charge < -0.3 is 0 Å². The van der Waals surface area contributed by atoms with Gasteiger partial charge in [-0.15, -0.1) is 0 Å². The topological polar surface area (TPSA) is 12.9 Å². The Kier molecular flexibility index (Phi) is 9.40. The van der Waals surface area contributed by atoms with Crippen LogP contribution in [0.4, 0.5) is 0 Å². The lowest BCUT2D eigenvalue weighted by Gasteiger charge is -2.14. The van der Waals surface area contributed by atoms with Crippen LogP contribution in [0.2, 0.25) is 0 Å². The molecule has 3 aromatic rings. The van der Waals surface area contributed by atoms with Crippen LogP contribution in [-0.2, 0) is 6.42 Å². The summed E-state index contributed by atoms with van der Waals surface area (Å²) < 4.78 is 0. The summed E-state index contributed by atoms with van der Waals surface area (Å²) in [5.41, 5.74) is 9.72. The summed E-state index contributed by atoms with van der Waals surface area (Å²) in [6, 6.07) is 21.4. The van der Waals surface area contributed by atoms with Crippen molar-refractivity contribution >= 4 is 11.6 Å². The molecule has 1 heteroatoms. The molecule has 0 amide bonds. The molecule has 0 fully saturated rings. The number of pyridine rings is 1. The molecule has 0 saturated carbocycles. The largest absolute Gasteiger partial charge is 0.253 e. The molecule has 0 unspecified atom stereocenters. The number of aromatic nitrogens is 1. The normalized spacial score (nSPS) is 13.6. The second kappa shape index (κ2) is 12.7. The first-order valence-electron chi connectivity index (χ1n) is 12.4. The van der Waals surface area contributed by atoms with Gasteiger partial charge >= 0.3 is 0 Å². The van der Waals surface area contributed by atoms with Crippen LogP contribution in [0.15, 0.2) is 97.6 Å². The van der Waals surface area contributed by atoms with Gasteiger partial charge in [-0.05, 0) is 79.5 Å². The van der Waals surface area contributed by atoms with Gasteiger partial charge in [0.25, 0.3) is 0 Å². The van der Waals surface area contributed by atoms with Gasteiger partial charge in [-0.3, -0.25) is 4.98 Å². The highest BCUT2D eigenvalue weighted by atomic mass is 14.7. The summed E-state index contributed by atoms with van der Waals surface area (Å²) in [6.45, 7) is 12.3. The molecule has 2 aromatic carbocycles. The van der Waals surface area contributed by atoms with Crippen LogP contribution in [0.3, 0.4) is 0 Å². The van der Waals surface area contributed by atoms with E-state index in [1.165, 1.54) is 40.7 Å². The maximum Gasteiger partial charge on any atom is 0.0705 e. The Morgan fingerprint density at radius 3 is 2.35 bits per heavy atom. The Bertz CT molecular complexity index is 1160. The lowest BCUT2D eigenvalue weighted by atomic mass is 9.91. The van der Waals surface area contributed by atoms with Crippen molar-refractivity contribution in [2.24, 2.45) is 5.92 Å². The molecule has 5 rings (SSSR count). The van der Waals surface area contributed by atoms with Crippen molar-refractivity contribution in [2.75, 3.05) is 0 Å². The van der Waals surface area contributed by atoms with Crippen LogP contribution in [0.5, 0.6) is 0 Å². The average molecular weight is 448 g/mol. The molecule has 174 valence electrons. The average Bonchev–Trinajstić information content (AvgIpc) is 3.39. The maximum atomic E-state index is 4.56. The predicted molar refractivity (Wildman–Crippen MR) is 150 cm³/mol. The molecule has 2 aliphatic carbocycles. The molecule has 0 radical (unpaired) electrons. The third kappa shape index (κ3) is 7.02. The Balaban J connectivity index is 0.000000183. The molecule has 0 aliphatic heterocycles. The highest BCUT2D eigenvalue weighted by molar-refractivity contribution is 5.80. The number of allylic oxidation sites excluding steroid dienone is 6. The molecule has 0 atom stereocenters. The lowest BCUT2D eigenvalue weighted by molar-refractivity contribution is 0.715. The van der Waals surface area contributed by atoms with Gasteiger partial charge in [0.05, 0.1) is 5.69 Å². The third-order valence-electron chi connectivity index (χ3n) is 5.99. The van der Waals surface area contributed by atoms with E-state index in [0.29, 0.717) is 5.92 Å². The van der Waals surface area contributed by atoms with E-state index in [4.69, 9.17) is 0 Å². The Morgan fingerprint density at radius 1 is 0.912 bits per heavy atom. The third-order valence-corrected chi connectivity index (χ3v) is 5.99. The molecular formula is C33H37N. The zero-order valence-corrected chi connectivity index (χ0v) is 21.1. The van der Waals surface area contributed by atoms with Crippen molar-refractivity contribution in [1.29, 1.82) is 0 Å². The van der Waals surface area contributed by atoms with Crippen molar-refractivity contribution in [3.05, 3.63) is 126 Å². The first-order chi connectivity index (χ1) is 16.6. The fourth-order valence-corrected chi connectivity index (χ4v) is 4.08. The Labute approximate surface area is 206 Å². The van der Waals surface area contributed by atoms with E-state index in [9.17, 15) is 0 Å². The van der Waals surface area contributed by atoms with Crippen LogP contribution in [0, 0.1) is 19.8 Å². The van der Waals surface area contributed by atoms with E-state index in [2.05, 4.69) is 103 Å². The van der Waals surface area contributed by atoms with Crippen LogP contribution < -0.4 is 0 Å². The number of hydrogen-bond donors (Lipinski definition) is 0. The van der Waals surface area contributed by atoms with Crippen LogP contribution in [-0.4, -0.2) is 4.98 Å². The molecule has 0 spiro atoms. The zero-order valence-electron chi connectivity index (χ0n) is 21.1. The molecule has 1 heterocycles. The van der Waals surface area contributed by atoms with Crippen molar-refractivity contribution < 1.29 is 0 Å². The first-order valence-corrected chi connectivity index (χ1v) is 12.4. The van der Waals surface area contributed by atoms with Crippen LogP contribution >= 0.6 is 0 Å². The molecular weight excluding hydrogens is 410 g/mol. The number of nitrogens with zero attached hydrogens (tertiary/aromatic N) is 1. The van der Waals surface area contributed by atoms with E-state index < -0.39 is 0 Å². The Morgan fingerprint density at radius 2 is 1.65 bits per heavy atom. The fraction of sp³-hybridized carbons (Fsp3) is 0.242. The minimum Gasteiger partial charge on any atom is -0.253 e. The summed E-state index contributed by atoms with van der Waals surface area (Å²) >= 11 is 0. The number of benzene rings is 2. The monoisotopic (exact) mass is 447 g/mol. The second-order valence-electron chi connectivity index (χ2n) is 8.63. The van der Waals surface area contributed by atoms with E-state index in [1.54, 1.807) is 0 Å². The summed E-state index contributed by atoms with van der Waals surface area (Å²) in [6.07, 6.45) is 16.5. The quantitative estimate of drug-likeness (QED) is 0.388. The van der Waals surface area contributed by atoms with Crippen LogP contribution in [0.25, 0.3) is 22.9 Å². The van der Waals surface area contributed by atoms with Crippen molar-refractivity contribution in [2.45, 2.75) is 47.0 Å². The van der Waals surface area contributed by atoms with Gasteiger partial charge in [0.2, 0.25) is 0 Å². The highest BCUT2D eigenvalue weighted by Crippen LogP contribution is 2.30. The summed E-state index contributed by atoms with van der Waals surface area (Å²) in [5, 5.41) is 0. The zero-order chi connectivity index (χ0) is 24.3. The minimum atomic E-state index is 0.663. The number of rotatable bonds is 4. The van der Waals surface area contributed by atoms with Crippen LogP contribution in [0.1, 0.15) is 54.6 Å². The minimum absolute atomic E-state index is 0.663. The SMILES string of the molecule is C=C1CC=Cc2cc(-c3cccc(C)n3)ccc21.CC.Cc1ccc(CCC2C=CC=C2)cc1. The van der Waals surface area contributed by atoms with E-state index in [-0.39, 0.29) is 0 Å². The van der Waals surface area contributed by atoms with Gasteiger partial charge in [-0.1, -0.05) is 105 Å². The van der Waals surface area contributed by atoms with Gasteiger partial charge in [-0.25, -0.2) is 0 Å². The predicted octanol–water partition coefficient (Wildman–Crippen LogP) is 9.18. The van der Waals surface area contributed by atoms with E-state index in [0.717, 1.165) is 23.4 Å². The number of hydrogen-bond acceptors (Lipinski definition) is 1. The van der Waals surface area contributed by atoms with Gasteiger partial charge in [-0.2, -0.15) is 0 Å². The molecule has 0 N–H and O–H groups in total. The van der Waals surface area contributed by atoms with Crippen molar-refractivity contribution in [1.82, 2.24) is 4.98 Å². The smallest absolute Gasteiger partial charge is 0.0705 e. The summed E-state index contributed by atoms with van der Waals surface area (Å²) in [4.78, 5) is 4.56. The first kappa shape index (κ1) is 25.2. The summed E-state index contributed by atoms with van der Waals surface area (Å²) in [7, 11) is 0. The Hall–Kier alpha value is -3.45. The van der Waals surface area contributed by atoms with Crippen molar-refractivity contribution in [3.63, 3.8) is 0 Å². The van der Waals surface area contributed by atoms with Gasteiger partial charge in [0.1, 0.15) is 0 Å². The molecule has 0 bridgehead atoms. The van der Waals surface area contributed by atoms with Crippen molar-refractivity contribution in [3.8, 4) is 11.3 Å². The molecule has 0 saturated heterocycles. The molecule has 2 aliphatic rings. The summed E-state index contributed by atoms with van der Waals surface area (Å²) in [5.74, 6) is 0.663. The van der Waals surface area contributed by atoms with E-state index >= 15 is 0 Å². The molecule has 1 nitrogen and oxygen atoms in total.